The number of nitrogens with zero attached hydrogens (tertiary/aromatic N) is 4. The summed E-state index contributed by atoms with van der Waals surface area (Å²) in [4.78, 5) is 48.9. The second kappa shape index (κ2) is 10.3. The summed E-state index contributed by atoms with van der Waals surface area (Å²) in [6.45, 7) is 1.72. The summed E-state index contributed by atoms with van der Waals surface area (Å²) in [6.07, 6.45) is 5.95. The van der Waals surface area contributed by atoms with E-state index in [0.717, 1.165) is 38.2 Å². The monoisotopic (exact) mass is 522 g/mol. The molecule has 0 bridgehead atoms. The van der Waals surface area contributed by atoms with Crippen LogP contribution in [0.4, 0.5) is 4.39 Å². The molecular weight excluding hydrogens is 499 g/mol. The Balaban J connectivity index is 1.92. The van der Waals surface area contributed by atoms with E-state index in [1.54, 1.807) is 35.9 Å². The van der Waals surface area contributed by atoms with Crippen molar-refractivity contribution in [1.29, 1.82) is 0 Å². The molecule has 0 spiro atoms. The summed E-state index contributed by atoms with van der Waals surface area (Å²) in [5, 5.41) is 0.0893. The van der Waals surface area contributed by atoms with Crippen LogP contribution in [0.5, 0.6) is 0 Å². The van der Waals surface area contributed by atoms with Gasteiger partial charge in [0.05, 0.1) is 22.6 Å². The number of aromatic nitrogens is 3. The van der Waals surface area contributed by atoms with Crippen molar-refractivity contribution in [3.05, 3.63) is 86.5 Å². The highest BCUT2D eigenvalue weighted by Crippen LogP contribution is 2.29. The number of amides is 1. The minimum atomic E-state index is -0.949. The average molecular weight is 523 g/mol. The standard InChI is InChI=1S/C27H24ClFN4O4/c1-2-37-27(36)18-15-17-23(30-21-13-6-7-14-32(21)26(17)35)33(16-9-4-3-5-10-16)24(18)31-25(34)22-19(28)11-8-12-20(22)29/h6-8,11-16H,2-5,9-10H2,1H3. The van der Waals surface area contributed by atoms with Gasteiger partial charge in [0, 0.05) is 12.2 Å². The maximum atomic E-state index is 14.6. The van der Waals surface area contributed by atoms with Gasteiger partial charge in [-0.2, -0.15) is 4.99 Å². The fourth-order valence-corrected chi connectivity index (χ4v) is 5.10. The van der Waals surface area contributed by atoms with Crippen molar-refractivity contribution in [2.24, 2.45) is 4.99 Å². The Labute approximate surface area is 216 Å². The lowest BCUT2D eigenvalue weighted by molar-refractivity contribution is 0.0523. The van der Waals surface area contributed by atoms with Crippen molar-refractivity contribution in [3.8, 4) is 0 Å². The minimum Gasteiger partial charge on any atom is -0.462 e. The molecule has 37 heavy (non-hydrogen) atoms. The predicted molar refractivity (Wildman–Crippen MR) is 136 cm³/mol. The molecule has 1 fully saturated rings. The van der Waals surface area contributed by atoms with Crippen LogP contribution >= 0.6 is 11.6 Å². The summed E-state index contributed by atoms with van der Waals surface area (Å²) in [7, 11) is 0. The van der Waals surface area contributed by atoms with E-state index < -0.39 is 23.3 Å². The number of carbonyl (C=O) groups is 2. The molecular formula is C27H24ClFN4O4. The Morgan fingerprint density at radius 2 is 1.95 bits per heavy atom. The molecule has 8 nitrogen and oxygen atoms in total. The van der Waals surface area contributed by atoms with Crippen LogP contribution in [0.3, 0.4) is 0 Å². The third kappa shape index (κ3) is 4.55. The van der Waals surface area contributed by atoms with Gasteiger partial charge in [-0.15, -0.1) is 0 Å². The van der Waals surface area contributed by atoms with Crippen LogP contribution in [0.1, 0.15) is 65.8 Å². The lowest BCUT2D eigenvalue weighted by Crippen LogP contribution is -2.35. The van der Waals surface area contributed by atoms with Gasteiger partial charge < -0.3 is 9.30 Å². The summed E-state index contributed by atoms with van der Waals surface area (Å²) >= 11 is 6.14. The van der Waals surface area contributed by atoms with E-state index in [0.29, 0.717) is 11.3 Å². The Morgan fingerprint density at radius 1 is 1.16 bits per heavy atom. The van der Waals surface area contributed by atoms with Crippen molar-refractivity contribution in [3.63, 3.8) is 0 Å². The molecule has 3 heterocycles. The first-order valence-electron chi connectivity index (χ1n) is 12.2. The molecule has 0 unspecified atom stereocenters. The molecule has 1 aliphatic carbocycles. The minimum absolute atomic E-state index is 0.0330. The van der Waals surface area contributed by atoms with Gasteiger partial charge in [0.1, 0.15) is 22.7 Å². The van der Waals surface area contributed by atoms with Crippen LogP contribution in [0.25, 0.3) is 16.7 Å². The maximum Gasteiger partial charge on any atom is 0.341 e. The van der Waals surface area contributed by atoms with Gasteiger partial charge in [-0.3, -0.25) is 14.0 Å². The lowest BCUT2D eigenvalue weighted by Gasteiger charge is -2.27. The fraction of sp³-hybridized carbons (Fsp3) is 0.296. The van der Waals surface area contributed by atoms with E-state index in [1.165, 1.54) is 22.6 Å². The number of halogens is 2. The predicted octanol–water partition coefficient (Wildman–Crippen LogP) is 4.86. The third-order valence-corrected chi connectivity index (χ3v) is 6.87. The smallest absolute Gasteiger partial charge is 0.341 e. The molecule has 3 aromatic heterocycles. The van der Waals surface area contributed by atoms with E-state index >= 15 is 0 Å². The van der Waals surface area contributed by atoms with E-state index in [2.05, 4.69) is 4.99 Å². The Bertz CT molecular complexity index is 1650. The first-order chi connectivity index (χ1) is 17.9. The van der Waals surface area contributed by atoms with Gasteiger partial charge in [0.2, 0.25) is 0 Å². The summed E-state index contributed by atoms with van der Waals surface area (Å²) in [6, 6.07) is 10.2. The zero-order chi connectivity index (χ0) is 26.1. The zero-order valence-electron chi connectivity index (χ0n) is 20.1. The molecule has 0 saturated heterocycles. The number of esters is 1. The highest BCUT2D eigenvalue weighted by atomic mass is 35.5. The summed E-state index contributed by atoms with van der Waals surface area (Å²) in [5.74, 6) is -2.53. The van der Waals surface area contributed by atoms with E-state index in [4.69, 9.17) is 21.3 Å². The highest BCUT2D eigenvalue weighted by Gasteiger charge is 2.26. The first-order valence-corrected chi connectivity index (χ1v) is 12.5. The second-order valence-electron chi connectivity index (χ2n) is 8.86. The van der Waals surface area contributed by atoms with Gasteiger partial charge in [-0.05, 0) is 50.1 Å². The number of hydrogen-bond donors (Lipinski definition) is 0. The van der Waals surface area contributed by atoms with Crippen molar-refractivity contribution in [1.82, 2.24) is 14.0 Å². The zero-order valence-corrected chi connectivity index (χ0v) is 20.9. The molecule has 0 N–H and O–H groups in total. The average Bonchev–Trinajstić information content (AvgIpc) is 2.89. The Hall–Kier alpha value is -3.85. The molecule has 1 amide bonds. The Morgan fingerprint density at radius 3 is 2.68 bits per heavy atom. The number of fused-ring (bicyclic) bond motifs is 2. The largest absolute Gasteiger partial charge is 0.462 e. The maximum absolute atomic E-state index is 14.6. The molecule has 5 rings (SSSR count). The van der Waals surface area contributed by atoms with Crippen LogP contribution in [0.2, 0.25) is 5.02 Å². The molecule has 1 saturated carbocycles. The lowest BCUT2D eigenvalue weighted by atomic mass is 9.94. The van der Waals surface area contributed by atoms with E-state index in [9.17, 15) is 18.8 Å². The van der Waals surface area contributed by atoms with Gasteiger partial charge in [-0.1, -0.05) is 43.0 Å². The molecule has 1 aliphatic rings. The van der Waals surface area contributed by atoms with Crippen LogP contribution in [0.15, 0.2) is 58.4 Å². The third-order valence-electron chi connectivity index (χ3n) is 6.55. The highest BCUT2D eigenvalue weighted by molar-refractivity contribution is 6.33. The molecule has 1 aromatic carbocycles. The number of pyridine rings is 2. The van der Waals surface area contributed by atoms with E-state index in [-0.39, 0.29) is 39.7 Å². The first kappa shape index (κ1) is 24.8. The number of benzene rings is 1. The van der Waals surface area contributed by atoms with Crippen LogP contribution in [-0.2, 0) is 4.74 Å². The van der Waals surface area contributed by atoms with Crippen LogP contribution < -0.4 is 11.0 Å². The van der Waals surface area contributed by atoms with Crippen molar-refractivity contribution < 1.29 is 18.7 Å². The molecule has 190 valence electrons. The quantitative estimate of drug-likeness (QED) is 0.281. The molecule has 10 heteroatoms. The van der Waals surface area contributed by atoms with Gasteiger partial charge >= 0.3 is 5.97 Å². The van der Waals surface area contributed by atoms with Gasteiger partial charge in [-0.25, -0.2) is 14.2 Å². The summed E-state index contributed by atoms with van der Waals surface area (Å²) < 4.78 is 22.9. The van der Waals surface area contributed by atoms with Crippen molar-refractivity contribution in [2.45, 2.75) is 45.1 Å². The second-order valence-corrected chi connectivity index (χ2v) is 9.27. The molecule has 0 aliphatic heterocycles. The number of ether oxygens (including phenoxy) is 1. The van der Waals surface area contributed by atoms with Gasteiger partial charge in [0.15, 0.2) is 5.49 Å². The summed E-state index contributed by atoms with van der Waals surface area (Å²) in [5.41, 5.74) is -0.179. The molecule has 0 radical (unpaired) electrons. The SMILES string of the molecule is CCOC(=O)c1cc2c(=O)n3ccccc3nc2n(C2CCCCC2)c1=NC(=O)c1c(F)cccc1Cl. The van der Waals surface area contributed by atoms with Crippen molar-refractivity contribution >= 4 is 40.2 Å². The fourth-order valence-electron chi connectivity index (χ4n) is 4.85. The number of hydrogen-bond acceptors (Lipinski definition) is 5. The number of rotatable bonds is 4. The number of carbonyl (C=O) groups excluding carboxylic acids is 2. The molecule has 0 atom stereocenters. The van der Waals surface area contributed by atoms with Gasteiger partial charge in [0.25, 0.3) is 11.5 Å². The Kier molecular flexibility index (Phi) is 6.88. The van der Waals surface area contributed by atoms with Crippen LogP contribution in [-0.4, -0.2) is 32.4 Å². The van der Waals surface area contributed by atoms with E-state index in [1.807, 2.05) is 0 Å². The normalized spacial score (nSPS) is 14.8. The molecule has 4 aromatic rings. The topological polar surface area (TPSA) is 95.0 Å². The van der Waals surface area contributed by atoms with Crippen molar-refractivity contribution in [2.75, 3.05) is 6.61 Å². The van der Waals surface area contributed by atoms with Crippen LogP contribution in [0, 0.1) is 5.82 Å².